The van der Waals surface area contributed by atoms with Crippen LogP contribution < -0.4 is 5.32 Å². The van der Waals surface area contributed by atoms with E-state index in [-0.39, 0.29) is 17.5 Å². The van der Waals surface area contributed by atoms with Crippen molar-refractivity contribution in [2.24, 2.45) is 5.92 Å². The van der Waals surface area contributed by atoms with Gasteiger partial charge < -0.3 is 10.4 Å². The number of pyridine rings is 1. The summed E-state index contributed by atoms with van der Waals surface area (Å²) >= 11 is 0. The number of carboxylic acids is 1. The molecular weight excluding hydrogens is 418 g/mol. The number of carbonyl (C=O) groups is 3. The Bertz CT molecular complexity index is 1340. The molecule has 0 bridgehead atoms. The lowest BCUT2D eigenvalue weighted by atomic mass is 10.0. The number of fused-ring (bicyclic) bond motifs is 3. The zero-order valence-corrected chi connectivity index (χ0v) is 18.5. The predicted octanol–water partition coefficient (Wildman–Crippen LogP) is 4.30. The monoisotopic (exact) mass is 443 g/mol. The van der Waals surface area contributed by atoms with Gasteiger partial charge in [0.05, 0.1) is 17.2 Å². The highest BCUT2D eigenvalue weighted by atomic mass is 16.4. The number of para-hydroxylation sites is 1. The van der Waals surface area contributed by atoms with Gasteiger partial charge in [0.15, 0.2) is 0 Å². The number of benzene rings is 2. The molecule has 0 radical (unpaired) electrons. The van der Waals surface area contributed by atoms with E-state index < -0.39 is 17.9 Å². The standard InChI is InChI=1S/C26H25N3O4/c1-16(2)24(26(32)33)28-25(31)20-14-19-18-10-6-7-11-21(18)29(22(19)15-27-20)23(30)13-12-17-8-4-3-5-9-17/h3-11,14-16,24H,12-13H2,1-2H3,(H,28,31)(H,32,33). The third-order valence-corrected chi connectivity index (χ3v) is 5.73. The van der Waals surface area contributed by atoms with Crippen molar-refractivity contribution in [1.29, 1.82) is 0 Å². The highest BCUT2D eigenvalue weighted by Gasteiger charge is 2.25. The largest absolute Gasteiger partial charge is 0.480 e. The molecule has 2 N–H and O–H groups in total. The number of amides is 1. The minimum absolute atomic E-state index is 0.0604. The maximum atomic E-state index is 13.2. The number of aliphatic carboxylic acids is 1. The van der Waals surface area contributed by atoms with Gasteiger partial charge in [0.1, 0.15) is 11.7 Å². The summed E-state index contributed by atoms with van der Waals surface area (Å²) < 4.78 is 1.65. The van der Waals surface area contributed by atoms with Crippen molar-refractivity contribution in [2.75, 3.05) is 0 Å². The molecule has 4 aromatic rings. The van der Waals surface area contributed by atoms with Crippen LogP contribution in [-0.2, 0) is 11.2 Å². The number of aromatic nitrogens is 2. The first kappa shape index (κ1) is 22.2. The number of hydrogen-bond donors (Lipinski definition) is 2. The zero-order chi connectivity index (χ0) is 23.5. The van der Waals surface area contributed by atoms with Crippen molar-refractivity contribution in [3.63, 3.8) is 0 Å². The maximum Gasteiger partial charge on any atom is 0.326 e. The summed E-state index contributed by atoms with van der Waals surface area (Å²) in [6, 6.07) is 17.9. The molecule has 168 valence electrons. The van der Waals surface area contributed by atoms with E-state index in [0.29, 0.717) is 18.4 Å². The summed E-state index contributed by atoms with van der Waals surface area (Å²) in [4.78, 5) is 41.7. The maximum absolute atomic E-state index is 13.2. The van der Waals surface area contributed by atoms with Crippen molar-refractivity contribution in [3.05, 3.63) is 78.1 Å². The average molecular weight is 444 g/mol. The molecule has 0 fully saturated rings. The first-order valence-corrected chi connectivity index (χ1v) is 10.9. The van der Waals surface area contributed by atoms with Crippen LogP contribution in [0.25, 0.3) is 21.8 Å². The molecule has 7 nitrogen and oxygen atoms in total. The van der Waals surface area contributed by atoms with Crippen LogP contribution in [-0.4, -0.2) is 38.5 Å². The van der Waals surface area contributed by atoms with Crippen molar-refractivity contribution >= 4 is 39.6 Å². The van der Waals surface area contributed by atoms with Crippen molar-refractivity contribution in [3.8, 4) is 0 Å². The highest BCUT2D eigenvalue weighted by Crippen LogP contribution is 2.29. The Morgan fingerprint density at radius 3 is 2.36 bits per heavy atom. The summed E-state index contributed by atoms with van der Waals surface area (Å²) in [6.45, 7) is 3.45. The van der Waals surface area contributed by atoms with Gasteiger partial charge >= 0.3 is 5.97 Å². The number of aryl methyl sites for hydroxylation is 1. The molecule has 33 heavy (non-hydrogen) atoms. The van der Waals surface area contributed by atoms with Gasteiger partial charge in [-0.1, -0.05) is 62.4 Å². The van der Waals surface area contributed by atoms with Gasteiger partial charge in [-0.25, -0.2) is 9.78 Å². The molecule has 0 aliphatic carbocycles. The first-order chi connectivity index (χ1) is 15.9. The van der Waals surface area contributed by atoms with Gasteiger partial charge in [-0.15, -0.1) is 0 Å². The summed E-state index contributed by atoms with van der Waals surface area (Å²) in [6.07, 6.45) is 2.46. The van der Waals surface area contributed by atoms with Gasteiger partial charge in [0.25, 0.3) is 5.91 Å². The van der Waals surface area contributed by atoms with E-state index in [4.69, 9.17) is 0 Å². The molecule has 2 aromatic heterocycles. The minimum atomic E-state index is -1.10. The molecule has 1 amide bonds. The number of nitrogens with one attached hydrogen (secondary N) is 1. The molecule has 1 atom stereocenters. The third-order valence-electron chi connectivity index (χ3n) is 5.73. The Morgan fingerprint density at radius 2 is 1.67 bits per heavy atom. The van der Waals surface area contributed by atoms with Crippen LogP contribution in [0, 0.1) is 5.92 Å². The van der Waals surface area contributed by atoms with Crippen LogP contribution in [0.5, 0.6) is 0 Å². The van der Waals surface area contributed by atoms with Gasteiger partial charge in [-0.3, -0.25) is 14.2 Å². The normalized spacial score (nSPS) is 12.2. The molecule has 0 saturated carbocycles. The zero-order valence-electron chi connectivity index (χ0n) is 18.5. The van der Waals surface area contributed by atoms with E-state index in [9.17, 15) is 19.5 Å². The molecule has 2 heterocycles. The lowest BCUT2D eigenvalue weighted by Gasteiger charge is -2.17. The number of nitrogens with zero attached hydrogens (tertiary/aromatic N) is 2. The molecule has 0 spiro atoms. The van der Waals surface area contributed by atoms with E-state index >= 15 is 0 Å². The van der Waals surface area contributed by atoms with E-state index in [1.165, 1.54) is 6.20 Å². The van der Waals surface area contributed by atoms with Crippen LogP contribution in [0.15, 0.2) is 66.9 Å². The lowest BCUT2D eigenvalue weighted by molar-refractivity contribution is -0.140. The molecule has 0 saturated heterocycles. The fraction of sp³-hybridized carbons (Fsp3) is 0.231. The second-order valence-electron chi connectivity index (χ2n) is 8.35. The fourth-order valence-electron chi connectivity index (χ4n) is 4.00. The van der Waals surface area contributed by atoms with Crippen molar-refractivity contribution < 1.29 is 19.5 Å². The Morgan fingerprint density at radius 1 is 0.970 bits per heavy atom. The minimum Gasteiger partial charge on any atom is -0.480 e. The number of hydrogen-bond acceptors (Lipinski definition) is 4. The Labute approximate surface area is 191 Å². The Kier molecular flexibility index (Phi) is 6.22. The van der Waals surface area contributed by atoms with Crippen LogP contribution >= 0.6 is 0 Å². The third kappa shape index (κ3) is 4.48. The Balaban J connectivity index is 1.70. The molecule has 2 aromatic carbocycles. The van der Waals surface area contributed by atoms with Crippen molar-refractivity contribution in [1.82, 2.24) is 14.9 Å². The summed E-state index contributed by atoms with van der Waals surface area (Å²) in [5.74, 6) is -2.00. The SMILES string of the molecule is CC(C)C(NC(=O)c1cc2c3ccccc3n(C(=O)CCc3ccccc3)c2cn1)C(=O)O. The van der Waals surface area contributed by atoms with Crippen LogP contribution in [0.4, 0.5) is 0 Å². The van der Waals surface area contributed by atoms with Gasteiger partial charge in [-0.2, -0.15) is 0 Å². The Hall–Kier alpha value is -4.00. The molecule has 0 aliphatic heterocycles. The second kappa shape index (κ2) is 9.24. The predicted molar refractivity (Wildman–Crippen MR) is 126 cm³/mol. The van der Waals surface area contributed by atoms with E-state index in [0.717, 1.165) is 21.9 Å². The van der Waals surface area contributed by atoms with Gasteiger partial charge in [0.2, 0.25) is 5.91 Å². The molecule has 1 unspecified atom stereocenters. The number of carboxylic acid groups (broad SMARTS) is 1. The first-order valence-electron chi connectivity index (χ1n) is 10.9. The van der Waals surface area contributed by atoms with E-state index in [1.54, 1.807) is 24.5 Å². The van der Waals surface area contributed by atoms with Crippen LogP contribution in [0.3, 0.4) is 0 Å². The number of rotatable bonds is 7. The second-order valence-corrected chi connectivity index (χ2v) is 8.35. The summed E-state index contributed by atoms with van der Waals surface area (Å²) in [7, 11) is 0. The topological polar surface area (TPSA) is 101 Å². The fourth-order valence-corrected chi connectivity index (χ4v) is 4.00. The van der Waals surface area contributed by atoms with Crippen LogP contribution in [0.2, 0.25) is 0 Å². The molecule has 4 rings (SSSR count). The molecule has 7 heteroatoms. The quantitative estimate of drug-likeness (QED) is 0.443. The van der Waals surface area contributed by atoms with Gasteiger partial charge in [-0.05, 0) is 30.0 Å². The lowest BCUT2D eigenvalue weighted by Crippen LogP contribution is -2.44. The van der Waals surface area contributed by atoms with E-state index in [2.05, 4.69) is 10.3 Å². The average Bonchev–Trinajstić information content (AvgIpc) is 3.15. The van der Waals surface area contributed by atoms with Gasteiger partial charge in [0, 0.05) is 17.2 Å². The number of carbonyl (C=O) groups excluding carboxylic acids is 2. The highest BCUT2D eigenvalue weighted by molar-refractivity contribution is 6.14. The molecule has 0 aliphatic rings. The molecular formula is C26H25N3O4. The summed E-state index contributed by atoms with van der Waals surface area (Å²) in [5.41, 5.74) is 2.55. The van der Waals surface area contributed by atoms with Crippen LogP contribution in [0.1, 0.15) is 41.1 Å². The van der Waals surface area contributed by atoms with Crippen molar-refractivity contribution in [2.45, 2.75) is 32.7 Å². The summed E-state index contributed by atoms with van der Waals surface area (Å²) in [5, 5.41) is 13.5. The smallest absolute Gasteiger partial charge is 0.326 e. The van der Waals surface area contributed by atoms with E-state index in [1.807, 2.05) is 54.6 Å².